The fraction of sp³-hybridized carbons (Fsp3) is 0.280. The summed E-state index contributed by atoms with van der Waals surface area (Å²) in [6.07, 6.45) is 0.885. The van der Waals surface area contributed by atoms with Crippen LogP contribution in [-0.2, 0) is 21.4 Å². The summed E-state index contributed by atoms with van der Waals surface area (Å²) in [5, 5.41) is 1.25. The number of halogens is 2. The Labute approximate surface area is 228 Å². The summed E-state index contributed by atoms with van der Waals surface area (Å²) in [5.41, 5.74) is 2.79. The fourth-order valence-corrected chi connectivity index (χ4v) is 8.92. The molecule has 0 atom stereocenters. The van der Waals surface area contributed by atoms with Crippen molar-refractivity contribution < 1.29 is 13.2 Å². The number of carbonyl (C=O) groups excluding carboxylic acids is 1. The third-order valence-electron chi connectivity index (χ3n) is 6.27. The van der Waals surface area contributed by atoms with Crippen molar-refractivity contribution in [2.45, 2.75) is 30.5 Å². The maximum atomic E-state index is 13.8. The van der Waals surface area contributed by atoms with E-state index < -0.39 is 10.0 Å². The van der Waals surface area contributed by atoms with Gasteiger partial charge in [-0.05, 0) is 55.2 Å². The van der Waals surface area contributed by atoms with Gasteiger partial charge in [-0.3, -0.25) is 9.69 Å². The highest BCUT2D eigenvalue weighted by atomic mass is 35.5. The van der Waals surface area contributed by atoms with E-state index in [2.05, 4.69) is 0 Å². The van der Waals surface area contributed by atoms with Crippen LogP contribution >= 0.6 is 45.9 Å². The standard InChI is InChI=1S/C25H23Cl2N3O3S3/c1-16-13-19(26)14-20-23(16)28-25(34-20)30(15-17-5-3-2-4-6-17)24(31)18-9-11-29(12-10-18)36(32,33)22-8-7-21(27)35-22/h2-8,13-14,18H,9-12,15H2,1H3. The largest absolute Gasteiger partial charge is 0.283 e. The Kier molecular flexibility index (Phi) is 7.40. The average Bonchev–Trinajstić information content (AvgIpc) is 3.50. The van der Waals surface area contributed by atoms with Crippen molar-refractivity contribution in [2.24, 2.45) is 5.92 Å². The molecule has 0 unspecified atom stereocenters. The Morgan fingerprint density at radius 3 is 2.47 bits per heavy atom. The number of nitrogens with zero attached hydrogens (tertiary/aromatic N) is 3. The molecule has 1 aliphatic heterocycles. The predicted molar refractivity (Wildman–Crippen MR) is 148 cm³/mol. The normalized spacial score (nSPS) is 15.4. The number of aromatic nitrogens is 1. The van der Waals surface area contributed by atoms with E-state index in [1.165, 1.54) is 21.7 Å². The SMILES string of the molecule is Cc1cc(Cl)cc2sc(N(Cc3ccccc3)C(=O)C3CCN(S(=O)(=O)c4ccc(Cl)s4)CC3)nc12. The van der Waals surface area contributed by atoms with Gasteiger partial charge in [0.25, 0.3) is 10.0 Å². The van der Waals surface area contributed by atoms with Gasteiger partial charge in [0.15, 0.2) is 5.13 Å². The van der Waals surface area contributed by atoms with Crippen LogP contribution in [0.3, 0.4) is 0 Å². The van der Waals surface area contributed by atoms with E-state index in [1.54, 1.807) is 11.0 Å². The highest BCUT2D eigenvalue weighted by Crippen LogP contribution is 2.36. The highest BCUT2D eigenvalue weighted by molar-refractivity contribution is 7.91. The van der Waals surface area contributed by atoms with E-state index >= 15 is 0 Å². The molecule has 1 fully saturated rings. The lowest BCUT2D eigenvalue weighted by Crippen LogP contribution is -2.44. The van der Waals surface area contributed by atoms with Crippen molar-refractivity contribution in [3.8, 4) is 0 Å². The third kappa shape index (κ3) is 5.18. The van der Waals surface area contributed by atoms with Crippen LogP contribution in [0.5, 0.6) is 0 Å². The lowest BCUT2D eigenvalue weighted by molar-refractivity contribution is -0.123. The summed E-state index contributed by atoms with van der Waals surface area (Å²) in [5.74, 6) is -0.346. The van der Waals surface area contributed by atoms with E-state index in [0.717, 1.165) is 32.7 Å². The zero-order valence-electron chi connectivity index (χ0n) is 19.4. The summed E-state index contributed by atoms with van der Waals surface area (Å²) < 4.78 is 29.0. The van der Waals surface area contributed by atoms with Gasteiger partial charge >= 0.3 is 0 Å². The second-order valence-electron chi connectivity index (χ2n) is 8.71. The molecule has 1 amide bonds. The Morgan fingerprint density at radius 2 is 1.81 bits per heavy atom. The van der Waals surface area contributed by atoms with E-state index in [4.69, 9.17) is 28.2 Å². The number of hydrogen-bond acceptors (Lipinski definition) is 6. The molecule has 0 bridgehead atoms. The summed E-state index contributed by atoms with van der Waals surface area (Å²) in [6.45, 7) is 2.90. The number of sulfonamides is 1. The lowest BCUT2D eigenvalue weighted by atomic mass is 9.96. The van der Waals surface area contributed by atoms with Crippen LogP contribution in [0, 0.1) is 12.8 Å². The number of fused-ring (bicyclic) bond motifs is 1. The second-order valence-corrected chi connectivity index (χ2v) is 14.0. The van der Waals surface area contributed by atoms with Crippen LogP contribution < -0.4 is 4.90 Å². The zero-order chi connectivity index (χ0) is 25.4. The molecule has 0 N–H and O–H groups in total. The number of piperidine rings is 1. The highest BCUT2D eigenvalue weighted by Gasteiger charge is 2.35. The van der Waals surface area contributed by atoms with Crippen LogP contribution in [0.25, 0.3) is 10.2 Å². The van der Waals surface area contributed by atoms with Crippen molar-refractivity contribution in [3.63, 3.8) is 0 Å². The summed E-state index contributed by atoms with van der Waals surface area (Å²) >= 11 is 14.7. The average molecular weight is 581 g/mol. The number of benzene rings is 2. The van der Waals surface area contributed by atoms with Crippen LogP contribution in [0.2, 0.25) is 9.36 Å². The number of carbonyl (C=O) groups is 1. The molecule has 188 valence electrons. The van der Waals surface area contributed by atoms with Gasteiger partial charge in [-0.25, -0.2) is 13.4 Å². The third-order valence-corrected chi connectivity index (χ3v) is 11.1. The monoisotopic (exact) mass is 579 g/mol. The summed E-state index contributed by atoms with van der Waals surface area (Å²) in [4.78, 5) is 20.4. The molecule has 5 rings (SSSR count). The van der Waals surface area contributed by atoms with Crippen molar-refractivity contribution in [1.29, 1.82) is 0 Å². The topological polar surface area (TPSA) is 70.6 Å². The van der Waals surface area contributed by atoms with Crippen molar-refractivity contribution in [2.75, 3.05) is 18.0 Å². The number of aryl methyl sites for hydroxylation is 1. The molecule has 4 aromatic rings. The van der Waals surface area contributed by atoms with Gasteiger partial charge in [0.2, 0.25) is 5.91 Å². The van der Waals surface area contributed by atoms with Gasteiger partial charge in [0, 0.05) is 24.0 Å². The molecule has 36 heavy (non-hydrogen) atoms. The molecular weight excluding hydrogens is 557 g/mol. The van der Waals surface area contributed by atoms with Crippen LogP contribution in [0.4, 0.5) is 5.13 Å². The Morgan fingerprint density at radius 1 is 1.08 bits per heavy atom. The first-order chi connectivity index (χ1) is 17.2. The number of hydrogen-bond donors (Lipinski definition) is 0. The first kappa shape index (κ1) is 25.6. The zero-order valence-corrected chi connectivity index (χ0v) is 23.3. The number of amides is 1. The van der Waals surface area contributed by atoms with E-state index in [-0.39, 0.29) is 29.1 Å². The van der Waals surface area contributed by atoms with E-state index in [9.17, 15) is 13.2 Å². The Hall–Kier alpha value is -2.01. The first-order valence-electron chi connectivity index (χ1n) is 11.4. The molecule has 2 aromatic heterocycles. The van der Waals surface area contributed by atoms with Crippen molar-refractivity contribution in [3.05, 3.63) is 75.1 Å². The van der Waals surface area contributed by atoms with Gasteiger partial charge in [-0.15, -0.1) is 11.3 Å². The van der Waals surface area contributed by atoms with Gasteiger partial charge in [0.05, 0.1) is 21.1 Å². The molecule has 3 heterocycles. The number of rotatable bonds is 6. The van der Waals surface area contributed by atoms with Gasteiger partial charge in [-0.1, -0.05) is 64.9 Å². The number of thiazole rings is 1. The number of thiophene rings is 1. The maximum absolute atomic E-state index is 13.8. The minimum absolute atomic E-state index is 0.0436. The minimum Gasteiger partial charge on any atom is -0.283 e. The second kappa shape index (κ2) is 10.4. The van der Waals surface area contributed by atoms with E-state index in [0.29, 0.717) is 33.9 Å². The Balaban J connectivity index is 1.39. The Bertz CT molecular complexity index is 1510. The summed E-state index contributed by atoms with van der Waals surface area (Å²) in [7, 11) is -3.62. The predicted octanol–water partition coefficient (Wildman–Crippen LogP) is 6.61. The summed E-state index contributed by atoms with van der Waals surface area (Å²) in [6, 6.07) is 16.7. The van der Waals surface area contributed by atoms with Crippen LogP contribution in [-0.4, -0.2) is 36.7 Å². The van der Waals surface area contributed by atoms with Crippen LogP contribution in [0.1, 0.15) is 24.0 Å². The molecule has 0 spiro atoms. The van der Waals surface area contributed by atoms with Gasteiger partial charge in [-0.2, -0.15) is 4.31 Å². The minimum atomic E-state index is -3.62. The lowest BCUT2D eigenvalue weighted by Gasteiger charge is -2.32. The molecule has 1 aliphatic rings. The molecule has 0 aliphatic carbocycles. The molecule has 2 aromatic carbocycles. The first-order valence-corrected chi connectivity index (χ1v) is 15.2. The molecule has 0 radical (unpaired) electrons. The van der Waals surface area contributed by atoms with Crippen molar-refractivity contribution in [1.82, 2.24) is 9.29 Å². The smallest absolute Gasteiger partial charge is 0.252 e. The number of anilines is 1. The quantitative estimate of drug-likeness (QED) is 0.258. The molecular formula is C25H23Cl2N3O3S3. The molecule has 11 heteroatoms. The maximum Gasteiger partial charge on any atom is 0.252 e. The van der Waals surface area contributed by atoms with Crippen LogP contribution in [0.15, 0.2) is 58.8 Å². The molecule has 6 nitrogen and oxygen atoms in total. The van der Waals surface area contributed by atoms with E-state index in [1.807, 2.05) is 49.4 Å². The molecule has 1 saturated heterocycles. The van der Waals surface area contributed by atoms with Crippen molar-refractivity contribution >= 4 is 77.2 Å². The van der Waals surface area contributed by atoms with Gasteiger partial charge in [0.1, 0.15) is 4.21 Å². The van der Waals surface area contributed by atoms with Gasteiger partial charge < -0.3 is 0 Å². The molecule has 0 saturated carbocycles. The fourth-order valence-electron chi connectivity index (χ4n) is 4.39.